The molecule has 0 aliphatic rings. The Morgan fingerprint density at radius 1 is 0.968 bits per heavy atom. The molecule has 31 heavy (non-hydrogen) atoms. The van der Waals surface area contributed by atoms with E-state index >= 15 is 0 Å². The smallest absolute Gasteiger partial charge is 0.361 e. The van der Waals surface area contributed by atoms with Crippen LogP contribution in [-0.4, -0.2) is 47.1 Å². The van der Waals surface area contributed by atoms with E-state index in [9.17, 15) is 9.59 Å². The van der Waals surface area contributed by atoms with Crippen LogP contribution >= 0.6 is 0 Å². The van der Waals surface area contributed by atoms with E-state index in [1.165, 1.54) is 0 Å². The lowest BCUT2D eigenvalue weighted by Crippen LogP contribution is -2.28. The number of aromatic amines is 1. The number of nitrogens with one attached hydrogen (secondary N) is 2. The molecule has 0 fully saturated rings. The largest absolute Gasteiger partial charge is 0.490 e. The van der Waals surface area contributed by atoms with Gasteiger partial charge in [0.05, 0.1) is 13.2 Å². The molecule has 0 saturated heterocycles. The lowest BCUT2D eigenvalue weighted by atomic mass is 10.1. The van der Waals surface area contributed by atoms with Crippen LogP contribution in [0.3, 0.4) is 0 Å². The highest BCUT2D eigenvalue weighted by Gasteiger charge is 2.20. The van der Waals surface area contributed by atoms with Gasteiger partial charge in [0, 0.05) is 12.1 Å². The van der Waals surface area contributed by atoms with Crippen molar-refractivity contribution < 1.29 is 23.8 Å². The summed E-state index contributed by atoms with van der Waals surface area (Å²) in [6.45, 7) is 4.43. The number of esters is 1. The molecule has 0 spiro atoms. The van der Waals surface area contributed by atoms with Crippen LogP contribution in [0.4, 0.5) is 0 Å². The summed E-state index contributed by atoms with van der Waals surface area (Å²) in [5, 5.41) is 13.2. The molecule has 0 radical (unpaired) electrons. The number of aromatic nitrogens is 3. The highest BCUT2D eigenvalue weighted by Crippen LogP contribution is 2.33. The van der Waals surface area contributed by atoms with Gasteiger partial charge in [-0.15, -0.1) is 5.10 Å². The minimum absolute atomic E-state index is 0.0817. The Balaban J connectivity index is 1.69. The van der Waals surface area contributed by atoms with E-state index in [4.69, 9.17) is 14.2 Å². The second kappa shape index (κ2) is 10.8. The highest BCUT2D eigenvalue weighted by atomic mass is 16.5. The number of rotatable bonds is 10. The van der Waals surface area contributed by atoms with Crippen LogP contribution in [0.15, 0.2) is 48.5 Å². The Bertz CT molecular complexity index is 1020. The molecule has 9 heteroatoms. The van der Waals surface area contributed by atoms with Gasteiger partial charge in [-0.25, -0.2) is 4.79 Å². The third kappa shape index (κ3) is 5.81. The number of carbonyl (C=O) groups is 2. The molecule has 0 aliphatic heterocycles. The molecule has 1 amide bonds. The Labute approximate surface area is 179 Å². The molecule has 9 nitrogen and oxygen atoms in total. The number of ether oxygens (including phenoxy) is 3. The van der Waals surface area contributed by atoms with Crippen LogP contribution in [0.5, 0.6) is 11.5 Å². The topological polar surface area (TPSA) is 115 Å². The number of benzene rings is 2. The molecule has 3 rings (SSSR count). The zero-order valence-corrected chi connectivity index (χ0v) is 17.4. The molecule has 0 saturated carbocycles. The van der Waals surface area contributed by atoms with Crippen LogP contribution in [0.1, 0.15) is 29.9 Å². The second-order valence-corrected chi connectivity index (χ2v) is 6.39. The van der Waals surface area contributed by atoms with Gasteiger partial charge in [0.1, 0.15) is 5.69 Å². The first-order valence-electron chi connectivity index (χ1n) is 9.90. The minimum atomic E-state index is -0.570. The van der Waals surface area contributed by atoms with E-state index in [1.807, 2.05) is 37.3 Å². The van der Waals surface area contributed by atoms with Gasteiger partial charge in [-0.1, -0.05) is 30.3 Å². The number of amides is 1. The standard InChI is InChI=1S/C22H24N4O5/c1-3-29-18-12-16(20-21(25-26-24-20)22(28)30-4-2)10-11-17(18)31-14-19(27)23-13-15-8-6-5-7-9-15/h5-12H,3-4,13-14H2,1-2H3,(H,23,27)(H,24,25,26). The van der Waals surface area contributed by atoms with Crippen LogP contribution in [0.25, 0.3) is 11.3 Å². The molecule has 2 N–H and O–H groups in total. The Morgan fingerprint density at radius 2 is 1.77 bits per heavy atom. The normalized spacial score (nSPS) is 10.4. The van der Waals surface area contributed by atoms with Crippen molar-refractivity contribution in [3.63, 3.8) is 0 Å². The average molecular weight is 424 g/mol. The summed E-state index contributed by atoms with van der Waals surface area (Å²) < 4.78 is 16.3. The number of H-pyrrole nitrogens is 1. The van der Waals surface area contributed by atoms with E-state index in [0.29, 0.717) is 35.9 Å². The summed E-state index contributed by atoms with van der Waals surface area (Å²) in [6.07, 6.45) is 0. The fourth-order valence-corrected chi connectivity index (χ4v) is 2.81. The molecule has 0 bridgehead atoms. The quantitative estimate of drug-likeness (QED) is 0.481. The third-order valence-electron chi connectivity index (χ3n) is 4.22. The molecular weight excluding hydrogens is 400 g/mol. The van der Waals surface area contributed by atoms with E-state index in [1.54, 1.807) is 25.1 Å². The SMILES string of the molecule is CCOC(=O)c1n[nH]nc1-c1ccc(OCC(=O)NCc2ccccc2)c(OCC)c1. The van der Waals surface area contributed by atoms with Gasteiger partial charge in [-0.05, 0) is 37.6 Å². The summed E-state index contributed by atoms with van der Waals surface area (Å²) >= 11 is 0. The summed E-state index contributed by atoms with van der Waals surface area (Å²) in [6, 6.07) is 14.7. The monoisotopic (exact) mass is 424 g/mol. The maximum atomic E-state index is 12.1. The van der Waals surface area contributed by atoms with Crippen molar-refractivity contribution in [1.29, 1.82) is 0 Å². The lowest BCUT2D eigenvalue weighted by molar-refractivity contribution is -0.123. The highest BCUT2D eigenvalue weighted by molar-refractivity contribution is 5.94. The maximum absolute atomic E-state index is 12.1. The first-order chi connectivity index (χ1) is 15.1. The molecule has 162 valence electrons. The second-order valence-electron chi connectivity index (χ2n) is 6.39. The summed E-state index contributed by atoms with van der Waals surface area (Å²) in [5.41, 5.74) is 2.02. The van der Waals surface area contributed by atoms with Crippen molar-refractivity contribution in [1.82, 2.24) is 20.7 Å². The Hall–Kier alpha value is -3.88. The first kappa shape index (κ1) is 21.8. The molecule has 0 atom stereocenters. The Kier molecular flexibility index (Phi) is 7.58. The zero-order valence-electron chi connectivity index (χ0n) is 17.4. The predicted octanol–water partition coefficient (Wildman–Crippen LogP) is 2.74. The van der Waals surface area contributed by atoms with Gasteiger partial charge in [0.2, 0.25) is 0 Å². The molecular formula is C22H24N4O5. The van der Waals surface area contributed by atoms with Gasteiger partial charge >= 0.3 is 5.97 Å². The van der Waals surface area contributed by atoms with Gasteiger partial charge in [-0.3, -0.25) is 4.79 Å². The van der Waals surface area contributed by atoms with Crippen LogP contribution in [-0.2, 0) is 16.1 Å². The van der Waals surface area contributed by atoms with Crippen molar-refractivity contribution in [3.8, 4) is 22.8 Å². The molecule has 1 heterocycles. The Morgan fingerprint density at radius 3 is 2.52 bits per heavy atom. The molecule has 1 aromatic heterocycles. The number of carbonyl (C=O) groups excluding carboxylic acids is 2. The molecule has 0 aliphatic carbocycles. The van der Waals surface area contributed by atoms with Crippen LogP contribution < -0.4 is 14.8 Å². The van der Waals surface area contributed by atoms with Crippen LogP contribution in [0.2, 0.25) is 0 Å². The molecule has 3 aromatic rings. The fraction of sp³-hybridized carbons (Fsp3) is 0.273. The molecule has 0 unspecified atom stereocenters. The first-order valence-corrected chi connectivity index (χ1v) is 9.90. The van der Waals surface area contributed by atoms with E-state index in [0.717, 1.165) is 5.56 Å². The average Bonchev–Trinajstić information content (AvgIpc) is 3.28. The summed E-state index contributed by atoms with van der Waals surface area (Å²) in [7, 11) is 0. The van der Waals surface area contributed by atoms with E-state index in [-0.39, 0.29) is 24.8 Å². The van der Waals surface area contributed by atoms with Crippen molar-refractivity contribution in [2.75, 3.05) is 19.8 Å². The van der Waals surface area contributed by atoms with E-state index < -0.39 is 5.97 Å². The number of hydrogen-bond donors (Lipinski definition) is 2. The van der Waals surface area contributed by atoms with Gasteiger partial charge in [-0.2, -0.15) is 10.3 Å². The molecule has 2 aromatic carbocycles. The van der Waals surface area contributed by atoms with Crippen molar-refractivity contribution in [2.45, 2.75) is 20.4 Å². The predicted molar refractivity (Wildman–Crippen MR) is 113 cm³/mol. The summed E-state index contributed by atoms with van der Waals surface area (Å²) in [5.74, 6) is 0.00593. The zero-order chi connectivity index (χ0) is 22.1. The summed E-state index contributed by atoms with van der Waals surface area (Å²) in [4.78, 5) is 24.2. The van der Waals surface area contributed by atoms with Gasteiger partial charge in [0.15, 0.2) is 23.8 Å². The van der Waals surface area contributed by atoms with Crippen LogP contribution in [0, 0.1) is 0 Å². The number of nitrogens with zero attached hydrogens (tertiary/aromatic N) is 2. The maximum Gasteiger partial charge on any atom is 0.361 e. The minimum Gasteiger partial charge on any atom is -0.490 e. The van der Waals surface area contributed by atoms with Gasteiger partial charge < -0.3 is 19.5 Å². The third-order valence-corrected chi connectivity index (χ3v) is 4.22. The lowest BCUT2D eigenvalue weighted by Gasteiger charge is -2.13. The fourth-order valence-electron chi connectivity index (χ4n) is 2.81. The van der Waals surface area contributed by atoms with Gasteiger partial charge in [0.25, 0.3) is 5.91 Å². The van der Waals surface area contributed by atoms with E-state index in [2.05, 4.69) is 20.7 Å². The van der Waals surface area contributed by atoms with Crippen molar-refractivity contribution in [2.24, 2.45) is 0 Å². The number of hydrogen-bond acceptors (Lipinski definition) is 7. The van der Waals surface area contributed by atoms with Crippen molar-refractivity contribution >= 4 is 11.9 Å². The van der Waals surface area contributed by atoms with Crippen molar-refractivity contribution in [3.05, 3.63) is 59.8 Å².